The van der Waals surface area contributed by atoms with Gasteiger partial charge in [-0.1, -0.05) is 6.07 Å². The molecule has 0 unspecified atom stereocenters. The quantitative estimate of drug-likeness (QED) is 0.791. The molecule has 0 bridgehead atoms. The second-order valence-electron chi connectivity index (χ2n) is 3.35. The third-order valence-corrected chi connectivity index (χ3v) is 2.36. The molecule has 0 aromatic heterocycles. The number of carbonyl (C=O) groups is 1. The van der Waals surface area contributed by atoms with Crippen LogP contribution in [0.15, 0.2) is 18.2 Å². The lowest BCUT2D eigenvalue weighted by molar-refractivity contribution is 0.214. The monoisotopic (exact) mass is 212 g/mol. The van der Waals surface area contributed by atoms with Gasteiger partial charge >= 0.3 is 6.03 Å². The third kappa shape index (κ3) is 1.91. The van der Waals surface area contributed by atoms with E-state index in [9.17, 15) is 13.6 Å². The minimum atomic E-state index is -0.616. The van der Waals surface area contributed by atoms with Crippen molar-refractivity contribution in [1.29, 1.82) is 0 Å². The second-order valence-corrected chi connectivity index (χ2v) is 3.35. The number of carbonyl (C=O) groups excluding carboxylic acids is 1. The van der Waals surface area contributed by atoms with Crippen molar-refractivity contribution >= 4 is 6.03 Å². The van der Waals surface area contributed by atoms with Gasteiger partial charge in [-0.05, 0) is 12.1 Å². The molecular formula is C10H10F2N2O. The molecule has 1 aromatic rings. The van der Waals surface area contributed by atoms with Crippen LogP contribution in [0.2, 0.25) is 0 Å². The predicted octanol–water partition coefficient (Wildman–Crippen LogP) is 1.49. The molecule has 5 heteroatoms. The standard InChI is InChI=1S/C10H10F2N2O/c11-8-2-1-3-9(12)7(8)6-14-5-4-13-10(14)15/h1-3H,4-6H2,(H,13,15). The maximum atomic E-state index is 13.2. The van der Waals surface area contributed by atoms with Crippen molar-refractivity contribution in [3.63, 3.8) is 0 Å². The summed E-state index contributed by atoms with van der Waals surface area (Å²) in [6.45, 7) is 0.978. The van der Waals surface area contributed by atoms with Gasteiger partial charge in [-0.25, -0.2) is 13.6 Å². The number of benzene rings is 1. The first-order valence-electron chi connectivity index (χ1n) is 4.64. The Labute approximate surface area is 85.7 Å². The maximum Gasteiger partial charge on any atom is 0.317 e. The minimum absolute atomic E-state index is 0.0235. The normalized spacial score (nSPS) is 15.6. The summed E-state index contributed by atoms with van der Waals surface area (Å²) < 4.78 is 26.5. The summed E-state index contributed by atoms with van der Waals surface area (Å²) in [5, 5.41) is 2.57. The van der Waals surface area contributed by atoms with Crippen LogP contribution in [-0.4, -0.2) is 24.0 Å². The SMILES string of the molecule is O=C1NCCN1Cc1c(F)cccc1F. The van der Waals surface area contributed by atoms with Crippen LogP contribution in [0.5, 0.6) is 0 Å². The van der Waals surface area contributed by atoms with E-state index >= 15 is 0 Å². The topological polar surface area (TPSA) is 32.3 Å². The highest BCUT2D eigenvalue weighted by molar-refractivity contribution is 5.76. The zero-order chi connectivity index (χ0) is 10.8. The molecule has 3 nitrogen and oxygen atoms in total. The molecule has 1 N–H and O–H groups in total. The molecule has 1 heterocycles. The van der Waals surface area contributed by atoms with Gasteiger partial charge in [0.2, 0.25) is 0 Å². The van der Waals surface area contributed by atoms with Crippen LogP contribution in [0.4, 0.5) is 13.6 Å². The van der Waals surface area contributed by atoms with Crippen LogP contribution >= 0.6 is 0 Å². The van der Waals surface area contributed by atoms with E-state index < -0.39 is 11.6 Å². The van der Waals surface area contributed by atoms with Gasteiger partial charge < -0.3 is 10.2 Å². The van der Waals surface area contributed by atoms with Gasteiger partial charge in [0.25, 0.3) is 0 Å². The van der Waals surface area contributed by atoms with Crippen LogP contribution in [0.25, 0.3) is 0 Å². The molecule has 1 saturated heterocycles. The third-order valence-electron chi connectivity index (χ3n) is 2.36. The lowest BCUT2D eigenvalue weighted by Crippen LogP contribution is -2.28. The van der Waals surface area contributed by atoms with Gasteiger partial charge in [0.05, 0.1) is 6.54 Å². The first kappa shape index (κ1) is 9.89. The number of hydrogen-bond acceptors (Lipinski definition) is 1. The van der Waals surface area contributed by atoms with Crippen molar-refractivity contribution in [2.45, 2.75) is 6.54 Å². The number of nitrogens with one attached hydrogen (secondary N) is 1. The zero-order valence-electron chi connectivity index (χ0n) is 7.96. The first-order chi connectivity index (χ1) is 7.18. The van der Waals surface area contributed by atoms with E-state index in [0.717, 1.165) is 0 Å². The fraction of sp³-hybridized carbons (Fsp3) is 0.300. The zero-order valence-corrected chi connectivity index (χ0v) is 7.96. The first-order valence-corrected chi connectivity index (χ1v) is 4.64. The molecule has 0 saturated carbocycles. The van der Waals surface area contributed by atoms with Gasteiger partial charge in [0.1, 0.15) is 11.6 Å². The Morgan fingerprint density at radius 2 is 2.00 bits per heavy atom. The summed E-state index contributed by atoms with van der Waals surface area (Å²) in [5.41, 5.74) is -0.0606. The van der Waals surface area contributed by atoms with Crippen LogP contribution in [0.3, 0.4) is 0 Å². The van der Waals surface area contributed by atoms with E-state index in [1.165, 1.54) is 23.1 Å². The van der Waals surface area contributed by atoms with Crippen molar-refractivity contribution in [1.82, 2.24) is 10.2 Å². The summed E-state index contributed by atoms with van der Waals surface area (Å²) in [6, 6.07) is 3.40. The highest BCUT2D eigenvalue weighted by atomic mass is 19.1. The summed E-state index contributed by atoms with van der Waals surface area (Å²) >= 11 is 0. The molecule has 80 valence electrons. The smallest absolute Gasteiger partial charge is 0.317 e. The summed E-state index contributed by atoms with van der Waals surface area (Å²) in [5.74, 6) is -1.23. The van der Waals surface area contributed by atoms with E-state index in [1.54, 1.807) is 0 Å². The van der Waals surface area contributed by atoms with Gasteiger partial charge in [0.15, 0.2) is 0 Å². The maximum absolute atomic E-state index is 13.2. The number of nitrogens with zero attached hydrogens (tertiary/aromatic N) is 1. The predicted molar refractivity (Wildman–Crippen MR) is 50.2 cm³/mol. The van der Waals surface area contributed by atoms with E-state index in [-0.39, 0.29) is 18.1 Å². The fourth-order valence-electron chi connectivity index (χ4n) is 1.54. The van der Waals surface area contributed by atoms with Crippen LogP contribution in [0.1, 0.15) is 5.56 Å². The molecular weight excluding hydrogens is 202 g/mol. The number of halogens is 2. The van der Waals surface area contributed by atoms with E-state index in [1.807, 2.05) is 0 Å². The van der Waals surface area contributed by atoms with Crippen LogP contribution in [0, 0.1) is 11.6 Å². The minimum Gasteiger partial charge on any atom is -0.336 e. The van der Waals surface area contributed by atoms with E-state index in [2.05, 4.69) is 5.32 Å². The molecule has 0 spiro atoms. The largest absolute Gasteiger partial charge is 0.336 e. The molecule has 2 rings (SSSR count). The van der Waals surface area contributed by atoms with Gasteiger partial charge in [-0.2, -0.15) is 0 Å². The Morgan fingerprint density at radius 1 is 1.33 bits per heavy atom. The highest BCUT2D eigenvalue weighted by Gasteiger charge is 2.22. The average Bonchev–Trinajstić information content (AvgIpc) is 2.58. The summed E-state index contributed by atoms with van der Waals surface area (Å²) in [6.07, 6.45) is 0. The van der Waals surface area contributed by atoms with E-state index in [4.69, 9.17) is 0 Å². The van der Waals surface area contributed by atoms with Gasteiger partial charge in [-0.15, -0.1) is 0 Å². The van der Waals surface area contributed by atoms with Crippen LogP contribution < -0.4 is 5.32 Å². The van der Waals surface area contributed by atoms with Gasteiger partial charge in [0, 0.05) is 18.7 Å². The molecule has 0 radical (unpaired) electrons. The number of amides is 2. The average molecular weight is 212 g/mol. The lowest BCUT2D eigenvalue weighted by Gasteiger charge is -2.14. The molecule has 0 atom stereocenters. The molecule has 1 fully saturated rings. The van der Waals surface area contributed by atoms with Gasteiger partial charge in [-0.3, -0.25) is 0 Å². The van der Waals surface area contributed by atoms with Crippen molar-refractivity contribution in [3.05, 3.63) is 35.4 Å². The Kier molecular flexibility index (Phi) is 2.53. The Morgan fingerprint density at radius 3 is 2.53 bits per heavy atom. The Balaban J connectivity index is 2.20. The molecule has 1 aromatic carbocycles. The highest BCUT2D eigenvalue weighted by Crippen LogP contribution is 2.15. The number of hydrogen-bond donors (Lipinski definition) is 1. The molecule has 0 aliphatic carbocycles. The Hall–Kier alpha value is -1.65. The number of urea groups is 1. The summed E-state index contributed by atoms with van der Waals surface area (Å²) in [7, 11) is 0. The van der Waals surface area contributed by atoms with E-state index in [0.29, 0.717) is 13.1 Å². The van der Waals surface area contributed by atoms with Crippen LogP contribution in [-0.2, 0) is 6.54 Å². The second kappa shape index (κ2) is 3.84. The number of rotatable bonds is 2. The lowest BCUT2D eigenvalue weighted by atomic mass is 10.2. The van der Waals surface area contributed by atoms with Crippen molar-refractivity contribution in [2.75, 3.05) is 13.1 Å². The Bertz CT molecular complexity index is 375. The van der Waals surface area contributed by atoms with Crippen molar-refractivity contribution < 1.29 is 13.6 Å². The molecule has 15 heavy (non-hydrogen) atoms. The fourth-order valence-corrected chi connectivity index (χ4v) is 1.54. The molecule has 1 aliphatic rings. The summed E-state index contributed by atoms with van der Waals surface area (Å²) in [4.78, 5) is 12.5. The van der Waals surface area contributed by atoms with Crippen molar-refractivity contribution in [3.8, 4) is 0 Å². The molecule has 2 amide bonds. The van der Waals surface area contributed by atoms with Crippen molar-refractivity contribution in [2.24, 2.45) is 0 Å². The molecule has 1 aliphatic heterocycles.